The van der Waals surface area contributed by atoms with Gasteiger partial charge in [0.25, 0.3) is 0 Å². The van der Waals surface area contributed by atoms with Gasteiger partial charge in [-0.3, -0.25) is 0 Å². The Labute approximate surface area is 118 Å². The Balaban J connectivity index is 3.21. The van der Waals surface area contributed by atoms with E-state index < -0.39 is 0 Å². The molecule has 3 heteroatoms. The highest BCUT2D eigenvalue weighted by atomic mass is 79.9. The van der Waals surface area contributed by atoms with Gasteiger partial charge in [0.15, 0.2) is 0 Å². The lowest BCUT2D eigenvalue weighted by atomic mass is 9.88. The van der Waals surface area contributed by atoms with Crippen LogP contribution < -0.4 is 9.47 Å². The minimum absolute atomic E-state index is 0.282. The molecule has 2 atom stereocenters. The van der Waals surface area contributed by atoms with E-state index in [4.69, 9.17) is 9.47 Å². The molecule has 18 heavy (non-hydrogen) atoms. The summed E-state index contributed by atoms with van der Waals surface area (Å²) in [5, 5.41) is 0. The van der Waals surface area contributed by atoms with E-state index in [1.165, 1.54) is 0 Å². The first kappa shape index (κ1) is 14.9. The first-order valence-corrected chi connectivity index (χ1v) is 6.68. The predicted octanol–water partition coefficient (Wildman–Crippen LogP) is 4.23. The number of methoxy groups -OCH3 is 2. The zero-order valence-electron chi connectivity index (χ0n) is 11.5. The third-order valence-corrected chi connectivity index (χ3v) is 3.74. The highest BCUT2D eigenvalue weighted by Crippen LogP contribution is 2.38. The van der Waals surface area contributed by atoms with Gasteiger partial charge in [-0.1, -0.05) is 19.8 Å². The van der Waals surface area contributed by atoms with Crippen LogP contribution in [0.1, 0.15) is 32.3 Å². The Kier molecular flexibility index (Phi) is 5.55. The lowest BCUT2D eigenvalue weighted by molar-refractivity contribution is 0.385. The second kappa shape index (κ2) is 6.70. The maximum absolute atomic E-state index is 5.44. The van der Waals surface area contributed by atoms with Crippen molar-refractivity contribution in [1.82, 2.24) is 0 Å². The van der Waals surface area contributed by atoms with Gasteiger partial charge in [-0.15, -0.1) is 5.92 Å². The molecule has 2 unspecified atom stereocenters. The van der Waals surface area contributed by atoms with Gasteiger partial charge in [-0.05, 0) is 40.4 Å². The molecule has 0 aromatic heterocycles. The molecular formula is C15H19BrO2. The van der Waals surface area contributed by atoms with E-state index in [0.717, 1.165) is 21.5 Å². The Morgan fingerprint density at radius 2 is 1.72 bits per heavy atom. The SMILES string of the molecule is CC#CC(C)C(C)c1cc(Br)c(OC)cc1OC. The zero-order chi connectivity index (χ0) is 13.7. The monoisotopic (exact) mass is 310 g/mol. The van der Waals surface area contributed by atoms with Crippen LogP contribution in [0.4, 0.5) is 0 Å². The van der Waals surface area contributed by atoms with Gasteiger partial charge in [-0.25, -0.2) is 0 Å². The lowest BCUT2D eigenvalue weighted by Gasteiger charge is -2.20. The van der Waals surface area contributed by atoms with Gasteiger partial charge in [0, 0.05) is 12.0 Å². The summed E-state index contributed by atoms with van der Waals surface area (Å²) in [6, 6.07) is 3.96. The summed E-state index contributed by atoms with van der Waals surface area (Å²) in [6.45, 7) is 6.15. The molecule has 0 spiro atoms. The molecular weight excluding hydrogens is 292 g/mol. The lowest BCUT2D eigenvalue weighted by Crippen LogP contribution is -2.06. The largest absolute Gasteiger partial charge is 0.496 e. The molecule has 0 aliphatic rings. The van der Waals surface area contributed by atoms with Gasteiger partial charge in [0.2, 0.25) is 0 Å². The third kappa shape index (κ3) is 3.20. The van der Waals surface area contributed by atoms with E-state index in [0.29, 0.717) is 5.92 Å². The molecule has 0 aliphatic carbocycles. The quantitative estimate of drug-likeness (QED) is 0.775. The summed E-state index contributed by atoms with van der Waals surface area (Å²) in [5.74, 6) is 8.35. The number of hydrogen-bond acceptors (Lipinski definition) is 2. The molecule has 0 saturated heterocycles. The summed E-state index contributed by atoms with van der Waals surface area (Å²) in [7, 11) is 3.32. The molecule has 0 N–H and O–H groups in total. The van der Waals surface area contributed by atoms with Gasteiger partial charge in [-0.2, -0.15) is 0 Å². The highest BCUT2D eigenvalue weighted by molar-refractivity contribution is 9.10. The number of rotatable bonds is 4. The van der Waals surface area contributed by atoms with Crippen LogP contribution in [0.5, 0.6) is 11.5 Å². The smallest absolute Gasteiger partial charge is 0.136 e. The number of hydrogen-bond donors (Lipinski definition) is 0. The van der Waals surface area contributed by atoms with E-state index in [1.807, 2.05) is 13.0 Å². The van der Waals surface area contributed by atoms with Gasteiger partial charge in [0.1, 0.15) is 11.5 Å². The summed E-state index contributed by atoms with van der Waals surface area (Å²) >= 11 is 3.51. The molecule has 0 saturated carbocycles. The van der Waals surface area contributed by atoms with Crippen LogP contribution in [0.2, 0.25) is 0 Å². The fourth-order valence-corrected chi connectivity index (χ4v) is 2.38. The standard InChI is InChI=1S/C15H19BrO2/c1-6-7-10(2)11(3)12-8-13(16)15(18-5)9-14(12)17-4/h8-11H,1-5H3. The molecule has 98 valence electrons. The number of benzene rings is 1. The minimum atomic E-state index is 0.282. The van der Waals surface area contributed by atoms with Crippen molar-refractivity contribution >= 4 is 15.9 Å². The van der Waals surface area contributed by atoms with Crippen molar-refractivity contribution in [3.8, 4) is 23.3 Å². The van der Waals surface area contributed by atoms with Crippen LogP contribution in [-0.2, 0) is 0 Å². The maximum Gasteiger partial charge on any atom is 0.136 e. The van der Waals surface area contributed by atoms with Crippen LogP contribution in [0, 0.1) is 17.8 Å². The number of ether oxygens (including phenoxy) is 2. The van der Waals surface area contributed by atoms with Crippen LogP contribution in [0.15, 0.2) is 16.6 Å². The topological polar surface area (TPSA) is 18.5 Å². The van der Waals surface area contributed by atoms with E-state index >= 15 is 0 Å². The molecule has 0 bridgehead atoms. The Hall–Kier alpha value is -1.14. The molecule has 0 aliphatic heterocycles. The van der Waals surface area contributed by atoms with Crippen molar-refractivity contribution in [3.63, 3.8) is 0 Å². The van der Waals surface area contributed by atoms with Crippen molar-refractivity contribution in [2.75, 3.05) is 14.2 Å². The van der Waals surface area contributed by atoms with Gasteiger partial charge >= 0.3 is 0 Å². The average Bonchev–Trinajstić information content (AvgIpc) is 2.37. The first-order chi connectivity index (χ1) is 8.54. The normalized spacial score (nSPS) is 13.2. The molecule has 0 heterocycles. The minimum Gasteiger partial charge on any atom is -0.496 e. The van der Waals surface area contributed by atoms with E-state index in [2.05, 4.69) is 47.7 Å². The molecule has 0 fully saturated rings. The zero-order valence-corrected chi connectivity index (χ0v) is 13.1. The molecule has 1 rings (SSSR count). The molecule has 1 aromatic carbocycles. The van der Waals surface area contributed by atoms with E-state index in [9.17, 15) is 0 Å². The van der Waals surface area contributed by atoms with Gasteiger partial charge < -0.3 is 9.47 Å². The number of halogens is 1. The van der Waals surface area contributed by atoms with Crippen molar-refractivity contribution in [1.29, 1.82) is 0 Å². The Morgan fingerprint density at radius 3 is 2.22 bits per heavy atom. The Morgan fingerprint density at radius 1 is 1.11 bits per heavy atom. The van der Waals surface area contributed by atoms with Crippen molar-refractivity contribution in [2.45, 2.75) is 26.7 Å². The molecule has 0 radical (unpaired) electrons. The van der Waals surface area contributed by atoms with E-state index in [1.54, 1.807) is 14.2 Å². The molecule has 2 nitrogen and oxygen atoms in total. The third-order valence-electron chi connectivity index (χ3n) is 3.12. The first-order valence-electron chi connectivity index (χ1n) is 5.88. The summed E-state index contributed by atoms with van der Waals surface area (Å²) in [4.78, 5) is 0. The second-order valence-electron chi connectivity index (χ2n) is 4.20. The highest BCUT2D eigenvalue weighted by Gasteiger charge is 2.19. The van der Waals surface area contributed by atoms with Crippen LogP contribution in [0.25, 0.3) is 0 Å². The fourth-order valence-electron chi connectivity index (χ4n) is 1.86. The van der Waals surface area contributed by atoms with Crippen LogP contribution >= 0.6 is 15.9 Å². The molecule has 1 aromatic rings. The van der Waals surface area contributed by atoms with E-state index in [-0.39, 0.29) is 5.92 Å². The summed E-state index contributed by atoms with van der Waals surface area (Å²) < 4.78 is 11.7. The fraction of sp³-hybridized carbons (Fsp3) is 0.467. The van der Waals surface area contributed by atoms with Crippen LogP contribution in [-0.4, -0.2) is 14.2 Å². The summed E-state index contributed by atoms with van der Waals surface area (Å²) in [6.07, 6.45) is 0. The van der Waals surface area contributed by atoms with Crippen LogP contribution in [0.3, 0.4) is 0 Å². The average molecular weight is 311 g/mol. The molecule has 0 amide bonds. The second-order valence-corrected chi connectivity index (χ2v) is 5.05. The Bertz CT molecular complexity index is 471. The van der Waals surface area contributed by atoms with Crippen molar-refractivity contribution in [3.05, 3.63) is 22.2 Å². The predicted molar refractivity (Wildman–Crippen MR) is 78.3 cm³/mol. The maximum atomic E-state index is 5.44. The van der Waals surface area contributed by atoms with Crippen molar-refractivity contribution < 1.29 is 9.47 Å². The van der Waals surface area contributed by atoms with Crippen molar-refractivity contribution in [2.24, 2.45) is 5.92 Å². The van der Waals surface area contributed by atoms with Gasteiger partial charge in [0.05, 0.1) is 18.7 Å². The summed E-state index contributed by atoms with van der Waals surface area (Å²) in [5.41, 5.74) is 1.14.